The minimum Gasteiger partial charge on any atom is -0.484 e. The molecule has 1 N–H and O–H groups in total. The summed E-state index contributed by atoms with van der Waals surface area (Å²) in [7, 11) is 0. The molecule has 8 heteroatoms. The molecule has 0 saturated heterocycles. The molecule has 0 aliphatic carbocycles. The van der Waals surface area contributed by atoms with Gasteiger partial charge in [-0.1, -0.05) is 11.3 Å². The fraction of sp³-hybridized carbons (Fsp3) is 0.0714. The molecule has 1 amide bonds. The number of anilines is 1. The highest BCUT2D eigenvalue weighted by atomic mass is 32.1. The van der Waals surface area contributed by atoms with Crippen LogP contribution in [-0.4, -0.2) is 22.7 Å². The van der Waals surface area contributed by atoms with Crippen LogP contribution in [0.3, 0.4) is 0 Å². The zero-order valence-electron chi connectivity index (χ0n) is 11.2. The fourth-order valence-electron chi connectivity index (χ4n) is 1.61. The molecule has 0 aliphatic rings. The minimum absolute atomic E-state index is 0.207. The van der Waals surface area contributed by atoms with Crippen molar-refractivity contribution in [1.29, 1.82) is 0 Å². The Labute approximate surface area is 128 Å². The quantitative estimate of drug-likeness (QED) is 0.782. The van der Waals surface area contributed by atoms with Gasteiger partial charge in [0.05, 0.1) is 6.26 Å². The van der Waals surface area contributed by atoms with Gasteiger partial charge >= 0.3 is 0 Å². The summed E-state index contributed by atoms with van der Waals surface area (Å²) in [5.41, 5.74) is 0. The molecule has 3 aromatic rings. The van der Waals surface area contributed by atoms with Crippen molar-refractivity contribution in [2.24, 2.45) is 0 Å². The molecule has 0 unspecified atom stereocenters. The molecule has 22 heavy (non-hydrogen) atoms. The standard InChI is InChI=1S/C14H10FN3O3S/c15-9-3-5-10(6-4-9)21-8-12(19)16-14-18-17-13(22-14)11-2-1-7-20-11/h1-7H,8H2,(H,16,18,19). The van der Waals surface area contributed by atoms with Crippen LogP contribution >= 0.6 is 11.3 Å². The fourth-order valence-corrected chi connectivity index (χ4v) is 2.34. The van der Waals surface area contributed by atoms with Crippen LogP contribution < -0.4 is 10.1 Å². The van der Waals surface area contributed by atoms with Gasteiger partial charge in [0.15, 0.2) is 17.4 Å². The second-order valence-electron chi connectivity index (χ2n) is 4.18. The molecular formula is C14H10FN3O3S. The number of ether oxygens (including phenoxy) is 1. The Kier molecular flexibility index (Phi) is 4.10. The Hall–Kier alpha value is -2.74. The van der Waals surface area contributed by atoms with Crippen LogP contribution in [0, 0.1) is 5.82 Å². The molecule has 1 aromatic carbocycles. The number of nitrogens with one attached hydrogen (secondary N) is 1. The molecule has 0 radical (unpaired) electrons. The first-order valence-corrected chi connectivity index (χ1v) is 7.08. The molecule has 0 bridgehead atoms. The van der Waals surface area contributed by atoms with E-state index in [2.05, 4.69) is 15.5 Å². The summed E-state index contributed by atoms with van der Waals surface area (Å²) in [6, 6.07) is 8.90. The molecule has 0 atom stereocenters. The average Bonchev–Trinajstić information content (AvgIpc) is 3.17. The van der Waals surface area contributed by atoms with Gasteiger partial charge in [-0.25, -0.2) is 4.39 Å². The van der Waals surface area contributed by atoms with E-state index in [4.69, 9.17) is 9.15 Å². The van der Waals surface area contributed by atoms with Crippen molar-refractivity contribution < 1.29 is 18.3 Å². The lowest BCUT2D eigenvalue weighted by molar-refractivity contribution is -0.118. The predicted molar refractivity (Wildman–Crippen MR) is 78.1 cm³/mol. The summed E-state index contributed by atoms with van der Waals surface area (Å²) in [6.45, 7) is -0.207. The Morgan fingerprint density at radius 2 is 2.09 bits per heavy atom. The van der Waals surface area contributed by atoms with Gasteiger partial charge in [0.2, 0.25) is 5.13 Å². The van der Waals surface area contributed by atoms with Gasteiger partial charge in [-0.2, -0.15) is 0 Å². The molecule has 2 aromatic heterocycles. The minimum atomic E-state index is -0.383. The van der Waals surface area contributed by atoms with E-state index in [1.165, 1.54) is 41.9 Å². The van der Waals surface area contributed by atoms with Crippen LogP contribution in [0.4, 0.5) is 9.52 Å². The number of carbonyl (C=O) groups excluding carboxylic acids is 1. The Balaban J connectivity index is 1.54. The zero-order chi connectivity index (χ0) is 15.4. The second-order valence-corrected chi connectivity index (χ2v) is 5.16. The Morgan fingerprint density at radius 3 is 2.82 bits per heavy atom. The largest absolute Gasteiger partial charge is 0.484 e. The van der Waals surface area contributed by atoms with Crippen LogP contribution in [0.5, 0.6) is 5.75 Å². The Morgan fingerprint density at radius 1 is 1.27 bits per heavy atom. The molecular weight excluding hydrogens is 309 g/mol. The van der Waals surface area contributed by atoms with E-state index in [1.807, 2.05) is 0 Å². The number of amides is 1. The monoisotopic (exact) mass is 319 g/mol. The maximum absolute atomic E-state index is 12.7. The third kappa shape index (κ3) is 3.47. The van der Waals surface area contributed by atoms with E-state index in [1.54, 1.807) is 12.1 Å². The van der Waals surface area contributed by atoms with Crippen molar-refractivity contribution in [3.8, 4) is 16.5 Å². The number of nitrogens with zero attached hydrogens (tertiary/aromatic N) is 2. The van der Waals surface area contributed by atoms with Crippen molar-refractivity contribution in [3.63, 3.8) is 0 Å². The second kappa shape index (κ2) is 6.35. The third-order valence-electron chi connectivity index (χ3n) is 2.59. The van der Waals surface area contributed by atoms with Crippen LogP contribution in [0.2, 0.25) is 0 Å². The molecule has 112 valence electrons. The molecule has 3 rings (SSSR count). The number of rotatable bonds is 5. The SMILES string of the molecule is O=C(COc1ccc(F)cc1)Nc1nnc(-c2ccco2)s1. The van der Waals surface area contributed by atoms with Gasteiger partial charge in [-0.05, 0) is 36.4 Å². The third-order valence-corrected chi connectivity index (χ3v) is 3.44. The lowest BCUT2D eigenvalue weighted by Gasteiger charge is -2.05. The van der Waals surface area contributed by atoms with Gasteiger partial charge < -0.3 is 9.15 Å². The summed E-state index contributed by atoms with van der Waals surface area (Å²) in [5, 5.41) is 11.3. The van der Waals surface area contributed by atoms with Crippen LogP contribution in [0.25, 0.3) is 10.8 Å². The van der Waals surface area contributed by atoms with E-state index in [0.717, 1.165) is 0 Å². The molecule has 0 aliphatic heterocycles. The average molecular weight is 319 g/mol. The number of benzene rings is 1. The predicted octanol–water partition coefficient (Wildman–Crippen LogP) is 2.95. The van der Waals surface area contributed by atoms with E-state index in [9.17, 15) is 9.18 Å². The smallest absolute Gasteiger partial charge is 0.264 e. The highest BCUT2D eigenvalue weighted by Gasteiger charge is 2.11. The molecule has 6 nitrogen and oxygen atoms in total. The summed E-state index contributed by atoms with van der Waals surface area (Å²) < 4.78 is 23.2. The van der Waals surface area contributed by atoms with Gasteiger partial charge in [-0.15, -0.1) is 10.2 Å². The maximum Gasteiger partial charge on any atom is 0.264 e. The molecule has 0 saturated carbocycles. The number of carbonyl (C=O) groups is 1. The zero-order valence-corrected chi connectivity index (χ0v) is 12.0. The van der Waals surface area contributed by atoms with Crippen molar-refractivity contribution in [2.45, 2.75) is 0 Å². The summed E-state index contributed by atoms with van der Waals surface area (Å²) in [6.07, 6.45) is 1.53. The summed E-state index contributed by atoms with van der Waals surface area (Å²) in [4.78, 5) is 11.8. The summed E-state index contributed by atoms with van der Waals surface area (Å²) >= 11 is 1.19. The van der Waals surface area contributed by atoms with Crippen molar-refractivity contribution in [1.82, 2.24) is 10.2 Å². The topological polar surface area (TPSA) is 77.2 Å². The van der Waals surface area contributed by atoms with Crippen LogP contribution in [0.1, 0.15) is 0 Å². The van der Waals surface area contributed by atoms with E-state index in [-0.39, 0.29) is 18.3 Å². The highest BCUT2D eigenvalue weighted by Crippen LogP contribution is 2.26. The highest BCUT2D eigenvalue weighted by molar-refractivity contribution is 7.18. The van der Waals surface area contributed by atoms with E-state index in [0.29, 0.717) is 21.6 Å². The van der Waals surface area contributed by atoms with Gasteiger partial charge in [0.1, 0.15) is 11.6 Å². The number of hydrogen-bond donors (Lipinski definition) is 1. The van der Waals surface area contributed by atoms with E-state index < -0.39 is 0 Å². The molecule has 0 spiro atoms. The lowest BCUT2D eigenvalue weighted by Crippen LogP contribution is -2.20. The normalized spacial score (nSPS) is 10.4. The van der Waals surface area contributed by atoms with Crippen LogP contribution in [-0.2, 0) is 4.79 Å². The van der Waals surface area contributed by atoms with Gasteiger partial charge in [-0.3, -0.25) is 10.1 Å². The summed E-state index contributed by atoms with van der Waals surface area (Å²) in [5.74, 6) is 0.244. The van der Waals surface area contributed by atoms with Crippen molar-refractivity contribution in [2.75, 3.05) is 11.9 Å². The van der Waals surface area contributed by atoms with Crippen molar-refractivity contribution in [3.05, 3.63) is 48.5 Å². The Bertz CT molecular complexity index is 756. The first-order chi connectivity index (χ1) is 10.7. The van der Waals surface area contributed by atoms with Crippen LogP contribution in [0.15, 0.2) is 47.1 Å². The number of furan rings is 1. The molecule has 2 heterocycles. The number of halogens is 1. The first kappa shape index (κ1) is 14.2. The lowest BCUT2D eigenvalue weighted by atomic mass is 10.3. The van der Waals surface area contributed by atoms with Gasteiger partial charge in [0.25, 0.3) is 5.91 Å². The van der Waals surface area contributed by atoms with Gasteiger partial charge in [0, 0.05) is 0 Å². The van der Waals surface area contributed by atoms with E-state index >= 15 is 0 Å². The number of aromatic nitrogens is 2. The number of hydrogen-bond acceptors (Lipinski definition) is 6. The maximum atomic E-state index is 12.7. The molecule has 0 fully saturated rings. The first-order valence-electron chi connectivity index (χ1n) is 6.26. The van der Waals surface area contributed by atoms with Crippen molar-refractivity contribution >= 4 is 22.4 Å².